The second-order valence-electron chi connectivity index (χ2n) is 6.00. The standard InChI is InChI=1S/C23H19NO4/c1-2-17-13-20(22(25)27-15-18-9-5-3-6-10-18)24-21(14-17)23(26)28-16-19-11-7-4-8-12-19/h2-14H,1,15-16H2. The lowest BCUT2D eigenvalue weighted by Crippen LogP contribution is -2.13. The summed E-state index contributed by atoms with van der Waals surface area (Å²) in [6.45, 7) is 3.92. The van der Waals surface area contributed by atoms with Crippen molar-refractivity contribution in [1.29, 1.82) is 0 Å². The maximum atomic E-state index is 12.4. The topological polar surface area (TPSA) is 65.5 Å². The van der Waals surface area contributed by atoms with Crippen molar-refractivity contribution in [3.8, 4) is 0 Å². The van der Waals surface area contributed by atoms with Gasteiger partial charge in [0, 0.05) is 0 Å². The smallest absolute Gasteiger partial charge is 0.357 e. The van der Waals surface area contributed by atoms with E-state index in [0.29, 0.717) is 5.56 Å². The number of pyridine rings is 1. The van der Waals surface area contributed by atoms with Crippen molar-refractivity contribution in [2.24, 2.45) is 0 Å². The van der Waals surface area contributed by atoms with Crippen molar-refractivity contribution in [2.75, 3.05) is 0 Å². The molecule has 0 amide bonds. The minimum absolute atomic E-state index is 0.0278. The van der Waals surface area contributed by atoms with Gasteiger partial charge in [-0.25, -0.2) is 14.6 Å². The summed E-state index contributed by atoms with van der Waals surface area (Å²) in [7, 11) is 0. The largest absolute Gasteiger partial charge is 0.456 e. The molecule has 0 bridgehead atoms. The van der Waals surface area contributed by atoms with Crippen molar-refractivity contribution < 1.29 is 19.1 Å². The third-order valence-corrected chi connectivity index (χ3v) is 3.93. The predicted molar refractivity (Wildman–Crippen MR) is 105 cm³/mol. The number of nitrogens with zero attached hydrogens (tertiary/aromatic N) is 1. The lowest BCUT2D eigenvalue weighted by Gasteiger charge is -2.08. The van der Waals surface area contributed by atoms with Gasteiger partial charge >= 0.3 is 11.9 Å². The molecule has 0 aliphatic rings. The van der Waals surface area contributed by atoms with Crippen molar-refractivity contribution >= 4 is 18.0 Å². The third-order valence-electron chi connectivity index (χ3n) is 3.93. The van der Waals surface area contributed by atoms with Gasteiger partial charge < -0.3 is 9.47 Å². The zero-order chi connectivity index (χ0) is 19.8. The highest BCUT2D eigenvalue weighted by molar-refractivity contribution is 5.92. The molecule has 0 spiro atoms. The summed E-state index contributed by atoms with van der Waals surface area (Å²) in [5, 5.41) is 0. The van der Waals surface area contributed by atoms with Crippen molar-refractivity contribution in [1.82, 2.24) is 4.98 Å². The maximum absolute atomic E-state index is 12.4. The molecule has 0 saturated carbocycles. The Kier molecular flexibility index (Phi) is 6.31. The molecule has 0 aliphatic carbocycles. The monoisotopic (exact) mass is 373 g/mol. The van der Waals surface area contributed by atoms with Crippen LogP contribution in [0, 0.1) is 0 Å². The van der Waals surface area contributed by atoms with Gasteiger partial charge in [0.1, 0.15) is 24.6 Å². The van der Waals surface area contributed by atoms with Crippen LogP contribution in [-0.4, -0.2) is 16.9 Å². The van der Waals surface area contributed by atoms with E-state index in [-0.39, 0.29) is 24.6 Å². The molecule has 140 valence electrons. The van der Waals surface area contributed by atoms with Gasteiger partial charge in [0.05, 0.1) is 0 Å². The summed E-state index contributed by atoms with van der Waals surface area (Å²) in [5.41, 5.74) is 2.35. The lowest BCUT2D eigenvalue weighted by atomic mass is 10.2. The number of rotatable bonds is 7. The first-order chi connectivity index (χ1) is 13.7. The molecule has 0 aliphatic heterocycles. The third kappa shape index (κ3) is 5.14. The quantitative estimate of drug-likeness (QED) is 0.573. The summed E-state index contributed by atoms with van der Waals surface area (Å²) in [5.74, 6) is -1.24. The van der Waals surface area contributed by atoms with Gasteiger partial charge in [-0.15, -0.1) is 0 Å². The normalized spacial score (nSPS) is 10.1. The van der Waals surface area contributed by atoms with Crippen LogP contribution in [0.1, 0.15) is 37.7 Å². The first kappa shape index (κ1) is 19.0. The Morgan fingerprint density at radius 1 is 0.786 bits per heavy atom. The van der Waals surface area contributed by atoms with Crippen LogP contribution in [0.4, 0.5) is 0 Å². The van der Waals surface area contributed by atoms with Gasteiger partial charge in [0.15, 0.2) is 0 Å². The van der Waals surface area contributed by atoms with Gasteiger partial charge in [0.25, 0.3) is 0 Å². The number of hydrogen-bond acceptors (Lipinski definition) is 5. The van der Waals surface area contributed by atoms with Crippen LogP contribution < -0.4 is 0 Å². The Bertz CT molecular complexity index is 895. The Morgan fingerprint density at radius 3 is 1.61 bits per heavy atom. The molecule has 5 nitrogen and oxygen atoms in total. The molecule has 2 aromatic carbocycles. The molecule has 0 radical (unpaired) electrons. The summed E-state index contributed by atoms with van der Waals surface area (Å²) in [6, 6.07) is 21.7. The predicted octanol–water partition coefficient (Wildman–Crippen LogP) is 4.44. The first-order valence-electron chi connectivity index (χ1n) is 8.72. The van der Waals surface area contributed by atoms with Crippen molar-refractivity contribution in [2.45, 2.75) is 13.2 Å². The summed E-state index contributed by atoms with van der Waals surface area (Å²) in [4.78, 5) is 28.8. The van der Waals surface area contributed by atoms with E-state index in [9.17, 15) is 9.59 Å². The van der Waals surface area contributed by atoms with E-state index in [1.165, 1.54) is 18.2 Å². The highest BCUT2D eigenvalue weighted by Gasteiger charge is 2.16. The molecule has 3 aromatic rings. The maximum Gasteiger partial charge on any atom is 0.357 e. The number of hydrogen-bond donors (Lipinski definition) is 0. The van der Waals surface area contributed by atoms with Crippen molar-refractivity contribution in [3.63, 3.8) is 0 Å². The van der Waals surface area contributed by atoms with Gasteiger partial charge in [-0.2, -0.15) is 0 Å². The fraction of sp³-hybridized carbons (Fsp3) is 0.0870. The minimum atomic E-state index is -0.621. The van der Waals surface area contributed by atoms with E-state index in [1.807, 2.05) is 60.7 Å². The minimum Gasteiger partial charge on any atom is -0.456 e. The number of benzene rings is 2. The average Bonchev–Trinajstić information content (AvgIpc) is 2.76. The molecule has 0 N–H and O–H groups in total. The van der Waals surface area contributed by atoms with E-state index in [2.05, 4.69) is 11.6 Å². The fourth-order valence-electron chi connectivity index (χ4n) is 2.47. The highest BCUT2D eigenvalue weighted by atomic mass is 16.5. The fourth-order valence-corrected chi connectivity index (χ4v) is 2.47. The van der Waals surface area contributed by atoms with Gasteiger partial charge in [-0.3, -0.25) is 0 Å². The molecule has 0 unspecified atom stereocenters. The molecule has 3 rings (SSSR count). The number of esters is 2. The zero-order valence-corrected chi connectivity index (χ0v) is 15.2. The summed E-state index contributed by atoms with van der Waals surface area (Å²) in [6.07, 6.45) is 1.53. The number of ether oxygens (including phenoxy) is 2. The second-order valence-corrected chi connectivity index (χ2v) is 6.00. The molecule has 0 fully saturated rings. The Morgan fingerprint density at radius 2 is 1.21 bits per heavy atom. The van der Waals surface area contributed by atoms with E-state index in [0.717, 1.165) is 11.1 Å². The molecular weight excluding hydrogens is 354 g/mol. The molecular formula is C23H19NO4. The van der Waals surface area contributed by atoms with Crippen LogP contribution in [-0.2, 0) is 22.7 Å². The van der Waals surface area contributed by atoms with Crippen LogP contribution in [0.25, 0.3) is 6.08 Å². The van der Waals surface area contributed by atoms with Gasteiger partial charge in [-0.1, -0.05) is 73.3 Å². The molecule has 5 heteroatoms. The lowest BCUT2D eigenvalue weighted by molar-refractivity contribution is 0.0456. The van der Waals surface area contributed by atoms with Gasteiger partial charge in [-0.05, 0) is 28.8 Å². The van der Waals surface area contributed by atoms with Crippen LogP contribution >= 0.6 is 0 Å². The van der Waals surface area contributed by atoms with Crippen LogP contribution in [0.3, 0.4) is 0 Å². The molecule has 0 atom stereocenters. The Labute approximate surface area is 163 Å². The van der Waals surface area contributed by atoms with E-state index in [1.54, 1.807) is 0 Å². The van der Waals surface area contributed by atoms with Gasteiger partial charge in [0.2, 0.25) is 0 Å². The van der Waals surface area contributed by atoms with E-state index in [4.69, 9.17) is 9.47 Å². The average molecular weight is 373 g/mol. The molecule has 0 saturated heterocycles. The first-order valence-corrected chi connectivity index (χ1v) is 8.72. The number of carbonyl (C=O) groups excluding carboxylic acids is 2. The molecule has 28 heavy (non-hydrogen) atoms. The van der Waals surface area contributed by atoms with E-state index >= 15 is 0 Å². The van der Waals surface area contributed by atoms with Crippen molar-refractivity contribution in [3.05, 3.63) is 107 Å². The second kappa shape index (κ2) is 9.28. The van der Waals surface area contributed by atoms with E-state index < -0.39 is 11.9 Å². The highest BCUT2D eigenvalue weighted by Crippen LogP contribution is 2.12. The number of aromatic nitrogens is 1. The van der Waals surface area contributed by atoms with Crippen LogP contribution in [0.2, 0.25) is 0 Å². The SMILES string of the molecule is C=Cc1cc(C(=O)OCc2ccccc2)nc(C(=O)OCc2ccccc2)c1. The zero-order valence-electron chi connectivity index (χ0n) is 15.2. The Hall–Kier alpha value is -3.73. The summed E-state index contributed by atoms with van der Waals surface area (Å²) >= 11 is 0. The molecule has 1 aromatic heterocycles. The molecule has 1 heterocycles. The summed E-state index contributed by atoms with van der Waals surface area (Å²) < 4.78 is 10.6. The number of carbonyl (C=O) groups is 2. The van der Waals surface area contributed by atoms with Crippen LogP contribution in [0.5, 0.6) is 0 Å². The van der Waals surface area contributed by atoms with Crippen LogP contribution in [0.15, 0.2) is 79.4 Å². The Balaban J connectivity index is 1.70.